The maximum Gasteiger partial charge on any atom is 0.184 e. The fraction of sp³-hybridized carbons (Fsp3) is 0.312. The summed E-state index contributed by atoms with van der Waals surface area (Å²) in [6.45, 7) is 4.76. The number of sulfone groups is 1. The highest BCUT2D eigenvalue weighted by Crippen LogP contribution is 2.29. The third-order valence-electron chi connectivity index (χ3n) is 3.84. The second-order valence-corrected chi connectivity index (χ2v) is 8.16. The number of fused-ring (bicyclic) bond motifs is 1. The summed E-state index contributed by atoms with van der Waals surface area (Å²) in [7, 11) is -3.48. The molecule has 0 saturated heterocycles. The van der Waals surface area contributed by atoms with Crippen molar-refractivity contribution in [3.63, 3.8) is 0 Å². The lowest BCUT2D eigenvalue weighted by atomic mass is 9.91. The lowest BCUT2D eigenvalue weighted by Crippen LogP contribution is -2.40. The van der Waals surface area contributed by atoms with Gasteiger partial charge in [-0.3, -0.25) is 4.79 Å². The van der Waals surface area contributed by atoms with E-state index in [9.17, 15) is 13.2 Å². The van der Waals surface area contributed by atoms with Crippen LogP contribution in [0.3, 0.4) is 0 Å². The van der Waals surface area contributed by atoms with Crippen LogP contribution in [0.5, 0.6) is 0 Å². The number of rotatable bonds is 3. The number of benzene rings is 2. The van der Waals surface area contributed by atoms with Gasteiger partial charge in [-0.25, -0.2) is 8.42 Å². The van der Waals surface area contributed by atoms with Gasteiger partial charge in [-0.1, -0.05) is 36.4 Å². The van der Waals surface area contributed by atoms with Gasteiger partial charge in [0.25, 0.3) is 0 Å². The van der Waals surface area contributed by atoms with E-state index in [0.717, 1.165) is 22.6 Å². The summed E-state index contributed by atoms with van der Waals surface area (Å²) in [5.74, 6) is -0.352. The molecular weight excluding hydrogens is 272 g/mol. The smallest absolute Gasteiger partial charge is 0.184 e. The summed E-state index contributed by atoms with van der Waals surface area (Å²) in [4.78, 5) is 12.8. The van der Waals surface area contributed by atoms with E-state index in [1.165, 1.54) is 13.8 Å². The highest BCUT2D eigenvalue weighted by atomic mass is 32.2. The van der Waals surface area contributed by atoms with Crippen molar-refractivity contribution in [2.45, 2.75) is 25.5 Å². The van der Waals surface area contributed by atoms with E-state index >= 15 is 0 Å². The van der Waals surface area contributed by atoms with Crippen molar-refractivity contribution in [1.82, 2.24) is 0 Å². The van der Waals surface area contributed by atoms with Crippen LogP contribution in [0.4, 0.5) is 0 Å². The van der Waals surface area contributed by atoms with Crippen LogP contribution < -0.4 is 0 Å². The predicted molar refractivity (Wildman–Crippen MR) is 81.9 cm³/mol. The monoisotopic (exact) mass is 290 g/mol. The predicted octanol–water partition coefficient (Wildman–Crippen LogP) is 3.15. The van der Waals surface area contributed by atoms with Gasteiger partial charge >= 0.3 is 0 Å². The van der Waals surface area contributed by atoms with Crippen LogP contribution in [0.2, 0.25) is 0 Å². The molecule has 0 saturated carbocycles. The van der Waals surface area contributed by atoms with Gasteiger partial charge in [-0.15, -0.1) is 0 Å². The molecule has 0 atom stereocenters. The number of ketones is 1. The number of aryl methyl sites for hydroxylation is 1. The molecule has 0 bridgehead atoms. The minimum absolute atomic E-state index is 0.352. The average molecular weight is 290 g/mol. The summed E-state index contributed by atoms with van der Waals surface area (Å²) in [6, 6.07) is 11.3. The molecule has 0 fully saturated rings. The molecule has 0 N–H and O–H groups in total. The molecule has 2 rings (SSSR count). The first-order valence-electron chi connectivity index (χ1n) is 6.39. The topological polar surface area (TPSA) is 51.2 Å². The Morgan fingerprint density at radius 2 is 1.65 bits per heavy atom. The lowest BCUT2D eigenvalue weighted by molar-refractivity contribution is 0.0955. The van der Waals surface area contributed by atoms with Crippen molar-refractivity contribution in [3.05, 3.63) is 47.5 Å². The molecular formula is C16H18O3S. The van der Waals surface area contributed by atoms with Gasteiger partial charge in [0.15, 0.2) is 15.6 Å². The second kappa shape index (κ2) is 4.70. The van der Waals surface area contributed by atoms with Gasteiger partial charge in [0.05, 0.1) is 0 Å². The summed E-state index contributed by atoms with van der Waals surface area (Å²) in [6.07, 6.45) is 1.10. The Balaban J connectivity index is 2.76. The van der Waals surface area contributed by atoms with Crippen molar-refractivity contribution in [2.24, 2.45) is 0 Å². The van der Waals surface area contributed by atoms with Crippen molar-refractivity contribution in [2.75, 3.05) is 6.26 Å². The highest BCUT2D eigenvalue weighted by molar-refractivity contribution is 7.92. The van der Waals surface area contributed by atoms with Crippen molar-refractivity contribution < 1.29 is 13.2 Å². The van der Waals surface area contributed by atoms with Gasteiger partial charge in [-0.05, 0) is 37.1 Å². The molecule has 0 aliphatic heterocycles. The minimum atomic E-state index is -3.48. The molecule has 3 nitrogen and oxygen atoms in total. The summed E-state index contributed by atoms with van der Waals surface area (Å²) in [5.41, 5.74) is 1.30. The molecule has 0 spiro atoms. The van der Waals surface area contributed by atoms with E-state index in [-0.39, 0.29) is 5.78 Å². The summed E-state index contributed by atoms with van der Waals surface area (Å²) in [5, 5.41) is 1.74. The van der Waals surface area contributed by atoms with E-state index < -0.39 is 14.6 Å². The molecule has 0 heterocycles. The average Bonchev–Trinajstić information content (AvgIpc) is 2.36. The van der Waals surface area contributed by atoms with Gasteiger partial charge in [0.1, 0.15) is 4.75 Å². The minimum Gasteiger partial charge on any atom is -0.292 e. The van der Waals surface area contributed by atoms with Crippen LogP contribution >= 0.6 is 0 Å². The summed E-state index contributed by atoms with van der Waals surface area (Å²) < 4.78 is 22.4. The Morgan fingerprint density at radius 3 is 2.25 bits per heavy atom. The number of carbonyl (C=O) groups excluding carboxylic acids is 1. The van der Waals surface area contributed by atoms with Crippen LogP contribution in [0, 0.1) is 6.92 Å². The quantitative estimate of drug-likeness (QED) is 0.816. The molecule has 0 aliphatic rings. The SMILES string of the molecule is Cc1ccc2ccccc2c1C(=O)C(C)(C)S(C)(=O)=O. The molecule has 0 unspecified atom stereocenters. The zero-order valence-corrected chi connectivity index (χ0v) is 12.9. The van der Waals surface area contributed by atoms with Crippen LogP contribution in [0.1, 0.15) is 29.8 Å². The van der Waals surface area contributed by atoms with Gasteiger partial charge < -0.3 is 0 Å². The van der Waals surface area contributed by atoms with Crippen LogP contribution in [-0.4, -0.2) is 25.2 Å². The first-order chi connectivity index (χ1) is 9.16. The first kappa shape index (κ1) is 14.7. The third-order valence-corrected chi connectivity index (χ3v) is 5.88. The Bertz CT molecular complexity index is 786. The molecule has 0 radical (unpaired) electrons. The third kappa shape index (κ3) is 2.24. The number of hydrogen-bond donors (Lipinski definition) is 0. The van der Waals surface area contributed by atoms with Gasteiger partial charge in [-0.2, -0.15) is 0 Å². The number of carbonyl (C=O) groups is 1. The van der Waals surface area contributed by atoms with E-state index in [2.05, 4.69) is 0 Å². The maximum atomic E-state index is 12.8. The van der Waals surface area contributed by atoms with E-state index in [4.69, 9.17) is 0 Å². The normalized spacial score (nSPS) is 12.6. The molecule has 4 heteroatoms. The molecule has 2 aromatic rings. The Hall–Kier alpha value is -1.68. The van der Waals surface area contributed by atoms with Crippen molar-refractivity contribution >= 4 is 26.4 Å². The lowest BCUT2D eigenvalue weighted by Gasteiger charge is -2.23. The van der Waals surface area contributed by atoms with E-state index in [1.54, 1.807) is 0 Å². The number of Topliss-reactive ketones (excluding diaryl/α,β-unsaturated/α-hetero) is 1. The standard InChI is InChI=1S/C16H18O3S/c1-11-9-10-12-7-5-6-8-13(12)14(11)15(17)16(2,3)20(4,18)19/h5-10H,1-4H3. The molecule has 106 valence electrons. The Labute approximate surface area is 119 Å². The zero-order chi connectivity index (χ0) is 15.1. The summed E-state index contributed by atoms with van der Waals surface area (Å²) >= 11 is 0. The molecule has 20 heavy (non-hydrogen) atoms. The van der Waals surface area contributed by atoms with Gasteiger partial charge in [0.2, 0.25) is 0 Å². The van der Waals surface area contributed by atoms with Crippen LogP contribution in [0.25, 0.3) is 10.8 Å². The van der Waals surface area contributed by atoms with Crippen molar-refractivity contribution in [3.8, 4) is 0 Å². The van der Waals surface area contributed by atoms with E-state index in [0.29, 0.717) is 5.56 Å². The largest absolute Gasteiger partial charge is 0.292 e. The second-order valence-electron chi connectivity index (χ2n) is 5.59. The molecule has 0 aromatic heterocycles. The van der Waals surface area contributed by atoms with Gasteiger partial charge in [0, 0.05) is 11.8 Å². The van der Waals surface area contributed by atoms with Crippen LogP contribution in [0.15, 0.2) is 36.4 Å². The van der Waals surface area contributed by atoms with Crippen LogP contribution in [-0.2, 0) is 9.84 Å². The van der Waals surface area contributed by atoms with E-state index in [1.807, 2.05) is 43.3 Å². The molecule has 0 aliphatic carbocycles. The molecule has 0 amide bonds. The first-order valence-corrected chi connectivity index (χ1v) is 8.28. The number of hydrogen-bond acceptors (Lipinski definition) is 3. The maximum absolute atomic E-state index is 12.8. The Morgan fingerprint density at radius 1 is 1.05 bits per heavy atom. The molecule has 2 aromatic carbocycles. The fourth-order valence-electron chi connectivity index (χ4n) is 2.15. The zero-order valence-electron chi connectivity index (χ0n) is 12.1. The van der Waals surface area contributed by atoms with Crippen molar-refractivity contribution in [1.29, 1.82) is 0 Å². The highest BCUT2D eigenvalue weighted by Gasteiger charge is 2.39. The Kier molecular flexibility index (Phi) is 3.46. The fourth-order valence-corrected chi connectivity index (χ4v) is 2.59.